The Kier molecular flexibility index (Phi) is 3.04. The van der Waals surface area contributed by atoms with Crippen molar-refractivity contribution in [2.45, 2.75) is 13.8 Å². The molecule has 1 aromatic carbocycles. The average Bonchev–Trinajstić information content (AvgIpc) is 3.17. The van der Waals surface area contributed by atoms with Crippen LogP contribution in [0.15, 0.2) is 35.7 Å². The molecule has 0 saturated heterocycles. The molecule has 3 heterocycles. The molecule has 0 amide bonds. The quantitative estimate of drug-likeness (QED) is 0.626. The Morgan fingerprint density at radius 2 is 2.14 bits per heavy atom. The molecule has 0 unspecified atom stereocenters. The Balaban J connectivity index is 2.12. The molecule has 0 radical (unpaired) electrons. The first-order valence-electron chi connectivity index (χ1n) is 7.21. The first kappa shape index (κ1) is 13.2. The van der Waals surface area contributed by atoms with Crippen molar-refractivity contribution < 1.29 is 0 Å². The Hall–Kier alpha value is -2.47. The Labute approximate surface area is 131 Å². The van der Waals surface area contributed by atoms with Crippen LogP contribution >= 0.6 is 11.3 Å². The highest BCUT2D eigenvalue weighted by Gasteiger charge is 2.16. The topological polar surface area (TPSA) is 55.1 Å². The number of hydrogen-bond acceptors (Lipinski definition) is 5. The lowest BCUT2D eigenvalue weighted by atomic mass is 10.1. The van der Waals surface area contributed by atoms with Crippen molar-refractivity contribution in [3.8, 4) is 10.7 Å². The smallest absolute Gasteiger partial charge is 0.211 e. The summed E-state index contributed by atoms with van der Waals surface area (Å²) in [7, 11) is 0. The maximum absolute atomic E-state index is 4.75. The minimum Gasteiger partial charge on any atom is -0.356 e. The summed E-state index contributed by atoms with van der Waals surface area (Å²) in [6.45, 7) is 4.92. The SMILES string of the molecule is CCNc1nc2ccc(C)cc2c2nnc(-c3cccs3)n12. The van der Waals surface area contributed by atoms with Gasteiger partial charge in [0, 0.05) is 11.9 Å². The van der Waals surface area contributed by atoms with Gasteiger partial charge in [-0.2, -0.15) is 0 Å². The highest BCUT2D eigenvalue weighted by atomic mass is 32.1. The molecule has 0 aliphatic carbocycles. The van der Waals surface area contributed by atoms with Gasteiger partial charge >= 0.3 is 0 Å². The van der Waals surface area contributed by atoms with Gasteiger partial charge in [0.25, 0.3) is 0 Å². The molecule has 4 rings (SSSR count). The summed E-state index contributed by atoms with van der Waals surface area (Å²) in [5.74, 6) is 1.61. The number of aryl methyl sites for hydroxylation is 1. The molecule has 5 nitrogen and oxygen atoms in total. The third-order valence-corrected chi connectivity index (χ3v) is 4.44. The number of benzene rings is 1. The molecule has 0 spiro atoms. The van der Waals surface area contributed by atoms with E-state index in [0.717, 1.165) is 39.7 Å². The Morgan fingerprint density at radius 3 is 2.91 bits per heavy atom. The highest BCUT2D eigenvalue weighted by Crippen LogP contribution is 2.29. The normalized spacial score (nSPS) is 11.4. The van der Waals surface area contributed by atoms with Crippen molar-refractivity contribution in [1.82, 2.24) is 19.6 Å². The summed E-state index contributed by atoms with van der Waals surface area (Å²) in [6.07, 6.45) is 0. The number of nitrogens with one attached hydrogen (secondary N) is 1. The summed E-state index contributed by atoms with van der Waals surface area (Å²) < 4.78 is 2.01. The van der Waals surface area contributed by atoms with E-state index < -0.39 is 0 Å². The predicted octanol–water partition coefficient (Wildman–Crippen LogP) is 3.75. The predicted molar refractivity (Wildman–Crippen MR) is 90.5 cm³/mol. The van der Waals surface area contributed by atoms with Gasteiger partial charge in [0.05, 0.1) is 10.4 Å². The lowest BCUT2D eigenvalue weighted by Gasteiger charge is -2.10. The van der Waals surface area contributed by atoms with Crippen LogP contribution in [0.25, 0.3) is 27.3 Å². The summed E-state index contributed by atoms with van der Waals surface area (Å²) in [5, 5.41) is 15.2. The molecule has 0 aliphatic rings. The molecule has 0 saturated carbocycles. The fraction of sp³-hybridized carbons (Fsp3) is 0.188. The lowest BCUT2D eigenvalue weighted by Crippen LogP contribution is -2.07. The van der Waals surface area contributed by atoms with Crippen molar-refractivity contribution in [2.75, 3.05) is 11.9 Å². The van der Waals surface area contributed by atoms with Crippen LogP contribution in [0.1, 0.15) is 12.5 Å². The van der Waals surface area contributed by atoms with Crippen molar-refractivity contribution in [3.05, 3.63) is 41.3 Å². The molecule has 4 aromatic rings. The van der Waals surface area contributed by atoms with E-state index in [9.17, 15) is 0 Å². The first-order chi connectivity index (χ1) is 10.8. The molecule has 0 atom stereocenters. The molecule has 22 heavy (non-hydrogen) atoms. The van der Waals surface area contributed by atoms with Crippen LogP contribution in [0, 0.1) is 6.92 Å². The molecule has 0 aliphatic heterocycles. The zero-order valence-electron chi connectivity index (χ0n) is 12.4. The number of thiophene rings is 1. The number of aromatic nitrogens is 4. The zero-order valence-corrected chi connectivity index (χ0v) is 13.2. The van der Waals surface area contributed by atoms with E-state index in [2.05, 4.69) is 47.6 Å². The summed E-state index contributed by atoms with van der Waals surface area (Å²) in [4.78, 5) is 5.84. The first-order valence-corrected chi connectivity index (χ1v) is 8.09. The second-order valence-electron chi connectivity index (χ2n) is 5.15. The van der Waals surface area contributed by atoms with Crippen LogP contribution in [-0.2, 0) is 0 Å². The van der Waals surface area contributed by atoms with Crippen LogP contribution in [-0.4, -0.2) is 26.1 Å². The lowest BCUT2D eigenvalue weighted by molar-refractivity contribution is 1.05. The molecule has 3 aromatic heterocycles. The van der Waals surface area contributed by atoms with E-state index in [4.69, 9.17) is 4.98 Å². The summed E-state index contributed by atoms with van der Waals surface area (Å²) in [6, 6.07) is 10.3. The van der Waals surface area contributed by atoms with Crippen LogP contribution in [0.2, 0.25) is 0 Å². The van der Waals surface area contributed by atoms with E-state index in [1.54, 1.807) is 11.3 Å². The Bertz CT molecular complexity index is 956. The molecule has 0 bridgehead atoms. The average molecular weight is 309 g/mol. The van der Waals surface area contributed by atoms with Crippen molar-refractivity contribution in [3.63, 3.8) is 0 Å². The number of fused-ring (bicyclic) bond motifs is 3. The monoisotopic (exact) mass is 309 g/mol. The van der Waals surface area contributed by atoms with Crippen molar-refractivity contribution in [2.24, 2.45) is 0 Å². The highest BCUT2D eigenvalue weighted by molar-refractivity contribution is 7.13. The standard InChI is InChI=1S/C16H15N5S/c1-3-17-16-18-12-7-6-10(2)9-11(12)14-19-20-15(21(14)16)13-5-4-8-22-13/h4-9H,3H2,1-2H3,(H,17,18). The Morgan fingerprint density at radius 1 is 1.23 bits per heavy atom. The maximum Gasteiger partial charge on any atom is 0.211 e. The minimum absolute atomic E-state index is 0.780. The maximum atomic E-state index is 4.75. The third-order valence-electron chi connectivity index (χ3n) is 3.57. The van der Waals surface area contributed by atoms with Gasteiger partial charge in [-0.3, -0.25) is 0 Å². The van der Waals surface area contributed by atoms with Crippen LogP contribution in [0.4, 0.5) is 5.95 Å². The van der Waals surface area contributed by atoms with Gasteiger partial charge in [0.15, 0.2) is 11.5 Å². The van der Waals surface area contributed by atoms with Gasteiger partial charge in [-0.05, 0) is 37.4 Å². The van der Waals surface area contributed by atoms with Gasteiger partial charge in [0.2, 0.25) is 5.95 Å². The second kappa shape index (κ2) is 5.06. The molecular weight excluding hydrogens is 294 g/mol. The summed E-state index contributed by atoms with van der Waals surface area (Å²) in [5.41, 5.74) is 2.96. The molecule has 1 N–H and O–H groups in total. The van der Waals surface area contributed by atoms with Gasteiger partial charge < -0.3 is 5.32 Å². The zero-order chi connectivity index (χ0) is 15.1. The van der Waals surface area contributed by atoms with E-state index in [1.807, 2.05) is 21.9 Å². The number of anilines is 1. The van der Waals surface area contributed by atoms with Crippen molar-refractivity contribution in [1.29, 1.82) is 0 Å². The van der Waals surface area contributed by atoms with Gasteiger partial charge in [-0.1, -0.05) is 17.7 Å². The largest absolute Gasteiger partial charge is 0.356 e. The number of rotatable bonds is 3. The molecular formula is C16H15N5S. The van der Waals surface area contributed by atoms with Gasteiger partial charge in [-0.15, -0.1) is 21.5 Å². The van der Waals surface area contributed by atoms with E-state index >= 15 is 0 Å². The summed E-state index contributed by atoms with van der Waals surface area (Å²) >= 11 is 1.65. The molecule has 110 valence electrons. The van der Waals surface area contributed by atoms with E-state index in [0.29, 0.717) is 0 Å². The third kappa shape index (κ3) is 1.95. The molecule has 0 fully saturated rings. The second-order valence-corrected chi connectivity index (χ2v) is 6.09. The fourth-order valence-corrected chi connectivity index (χ4v) is 3.29. The van der Waals surface area contributed by atoms with Crippen LogP contribution in [0.3, 0.4) is 0 Å². The van der Waals surface area contributed by atoms with Gasteiger partial charge in [0.1, 0.15) is 0 Å². The number of nitrogens with zero attached hydrogens (tertiary/aromatic N) is 4. The van der Waals surface area contributed by atoms with E-state index in [1.165, 1.54) is 5.56 Å². The van der Waals surface area contributed by atoms with Crippen LogP contribution < -0.4 is 5.32 Å². The van der Waals surface area contributed by atoms with Crippen LogP contribution in [0.5, 0.6) is 0 Å². The van der Waals surface area contributed by atoms with E-state index in [-0.39, 0.29) is 0 Å². The molecule has 6 heteroatoms. The number of hydrogen-bond donors (Lipinski definition) is 1. The fourth-order valence-electron chi connectivity index (χ4n) is 2.59. The van der Waals surface area contributed by atoms with Gasteiger partial charge in [-0.25, -0.2) is 9.38 Å². The minimum atomic E-state index is 0.780. The van der Waals surface area contributed by atoms with Crippen molar-refractivity contribution >= 4 is 33.8 Å².